The molecule has 0 heterocycles. The summed E-state index contributed by atoms with van der Waals surface area (Å²) in [6, 6.07) is 10.4. The van der Waals surface area contributed by atoms with Gasteiger partial charge < -0.3 is 10.1 Å². The number of anilines is 1. The zero-order valence-corrected chi connectivity index (χ0v) is 11.0. The lowest BCUT2D eigenvalue weighted by Gasteiger charge is -2.09. The van der Waals surface area contributed by atoms with E-state index in [-0.39, 0.29) is 5.75 Å². The lowest BCUT2D eigenvalue weighted by atomic mass is 10.2. The fourth-order valence-corrected chi connectivity index (χ4v) is 1.78. The molecule has 0 spiro atoms. The molecule has 20 heavy (non-hydrogen) atoms. The summed E-state index contributed by atoms with van der Waals surface area (Å²) in [5.41, 5.74) is 1.13. The summed E-state index contributed by atoms with van der Waals surface area (Å²) < 4.78 is 41.7. The van der Waals surface area contributed by atoms with Crippen LogP contribution in [0.1, 0.15) is 5.56 Å². The normalized spacial score (nSPS) is 10.7. The van der Waals surface area contributed by atoms with Crippen molar-refractivity contribution in [3.05, 3.63) is 58.9 Å². The van der Waals surface area contributed by atoms with Gasteiger partial charge >= 0.3 is 6.61 Å². The highest BCUT2D eigenvalue weighted by atomic mass is 35.5. The molecule has 2 nitrogen and oxygen atoms in total. The Balaban J connectivity index is 1.96. The monoisotopic (exact) mass is 301 g/mol. The first-order valence-electron chi connectivity index (χ1n) is 5.77. The second-order valence-electron chi connectivity index (χ2n) is 4.00. The molecule has 0 atom stereocenters. The van der Waals surface area contributed by atoms with Crippen molar-refractivity contribution in [3.63, 3.8) is 0 Å². The average molecular weight is 302 g/mol. The number of halogens is 4. The van der Waals surface area contributed by atoms with Crippen LogP contribution in [0, 0.1) is 5.82 Å². The van der Waals surface area contributed by atoms with Crippen LogP contribution in [0.4, 0.5) is 18.9 Å². The minimum Gasteiger partial charge on any atom is -0.435 e. The van der Waals surface area contributed by atoms with Gasteiger partial charge in [0.15, 0.2) is 0 Å². The SMILES string of the molecule is Fc1cc(Cl)ccc1NCc1ccc(OC(F)F)cc1. The first-order valence-corrected chi connectivity index (χ1v) is 6.15. The van der Waals surface area contributed by atoms with E-state index in [4.69, 9.17) is 11.6 Å². The molecule has 2 rings (SSSR count). The Morgan fingerprint density at radius 1 is 1.10 bits per heavy atom. The summed E-state index contributed by atoms with van der Waals surface area (Å²) in [6.45, 7) is -2.49. The molecular formula is C14H11ClF3NO. The van der Waals surface area contributed by atoms with E-state index in [0.717, 1.165) is 5.56 Å². The minimum absolute atomic E-state index is 0.0847. The van der Waals surface area contributed by atoms with Crippen molar-refractivity contribution in [1.29, 1.82) is 0 Å². The van der Waals surface area contributed by atoms with Gasteiger partial charge in [-0.2, -0.15) is 8.78 Å². The van der Waals surface area contributed by atoms with Gasteiger partial charge in [0.2, 0.25) is 0 Å². The van der Waals surface area contributed by atoms with Crippen LogP contribution in [0.3, 0.4) is 0 Å². The van der Waals surface area contributed by atoms with Crippen LogP contribution >= 0.6 is 11.6 Å². The highest BCUT2D eigenvalue weighted by Crippen LogP contribution is 2.20. The number of benzene rings is 2. The van der Waals surface area contributed by atoms with E-state index in [9.17, 15) is 13.2 Å². The minimum atomic E-state index is -2.85. The number of rotatable bonds is 5. The molecule has 0 aliphatic carbocycles. The Morgan fingerprint density at radius 2 is 1.80 bits per heavy atom. The highest BCUT2D eigenvalue weighted by Gasteiger charge is 2.05. The fraction of sp³-hybridized carbons (Fsp3) is 0.143. The fourth-order valence-electron chi connectivity index (χ4n) is 1.62. The smallest absolute Gasteiger partial charge is 0.387 e. The Hall–Kier alpha value is -1.88. The summed E-state index contributed by atoms with van der Waals surface area (Å²) in [5, 5.41) is 3.21. The summed E-state index contributed by atoms with van der Waals surface area (Å²) in [5.74, 6) is -0.364. The molecule has 0 aliphatic heterocycles. The standard InChI is InChI=1S/C14H11ClF3NO/c15-10-3-6-13(12(16)7-10)19-8-9-1-4-11(5-2-9)20-14(17)18/h1-7,14,19H,8H2. The average Bonchev–Trinajstić information content (AvgIpc) is 2.39. The molecule has 0 aliphatic rings. The third kappa shape index (κ3) is 4.06. The predicted molar refractivity (Wildman–Crippen MR) is 71.8 cm³/mol. The molecule has 0 bridgehead atoms. The van der Waals surface area contributed by atoms with Crippen LogP contribution in [-0.2, 0) is 6.54 Å². The molecule has 0 aromatic heterocycles. The summed E-state index contributed by atoms with van der Waals surface area (Å²) in [4.78, 5) is 0. The highest BCUT2D eigenvalue weighted by molar-refractivity contribution is 6.30. The van der Waals surface area contributed by atoms with Gasteiger partial charge in [-0.1, -0.05) is 23.7 Å². The van der Waals surface area contributed by atoms with Crippen LogP contribution in [0.15, 0.2) is 42.5 Å². The third-order valence-corrected chi connectivity index (χ3v) is 2.80. The Bertz CT molecular complexity index is 575. The van der Waals surface area contributed by atoms with Crippen LogP contribution in [0.25, 0.3) is 0 Å². The van der Waals surface area contributed by atoms with Crippen molar-refractivity contribution in [2.75, 3.05) is 5.32 Å². The molecule has 0 unspecified atom stereocenters. The van der Waals surface area contributed by atoms with Crippen molar-refractivity contribution in [2.45, 2.75) is 13.2 Å². The van der Waals surface area contributed by atoms with E-state index < -0.39 is 12.4 Å². The van der Waals surface area contributed by atoms with Crippen molar-refractivity contribution in [1.82, 2.24) is 0 Å². The lowest BCUT2D eigenvalue weighted by molar-refractivity contribution is -0.0498. The van der Waals surface area contributed by atoms with Crippen LogP contribution in [0.5, 0.6) is 5.75 Å². The number of nitrogens with one attached hydrogen (secondary N) is 1. The van der Waals surface area contributed by atoms with Crippen molar-refractivity contribution >= 4 is 17.3 Å². The van der Waals surface area contributed by atoms with E-state index in [1.807, 2.05) is 0 Å². The Labute approximate surface area is 119 Å². The lowest BCUT2D eigenvalue weighted by Crippen LogP contribution is -2.03. The molecule has 2 aromatic rings. The number of alkyl halides is 2. The third-order valence-electron chi connectivity index (χ3n) is 2.56. The van der Waals surface area contributed by atoms with Crippen LogP contribution in [0.2, 0.25) is 5.02 Å². The molecule has 0 amide bonds. The van der Waals surface area contributed by atoms with E-state index in [1.165, 1.54) is 24.3 Å². The van der Waals surface area contributed by atoms with Gasteiger partial charge in [0.25, 0.3) is 0 Å². The van der Waals surface area contributed by atoms with E-state index in [2.05, 4.69) is 10.1 Å². The van der Waals surface area contributed by atoms with Gasteiger partial charge in [-0.3, -0.25) is 0 Å². The van der Waals surface area contributed by atoms with E-state index in [0.29, 0.717) is 17.3 Å². The second kappa shape index (κ2) is 6.52. The Morgan fingerprint density at radius 3 is 2.40 bits per heavy atom. The second-order valence-corrected chi connectivity index (χ2v) is 4.44. The molecule has 6 heteroatoms. The van der Waals surface area contributed by atoms with Gasteiger partial charge in [-0.15, -0.1) is 0 Å². The molecule has 1 N–H and O–H groups in total. The number of hydrogen-bond donors (Lipinski definition) is 1. The van der Waals surface area contributed by atoms with Crippen LogP contribution < -0.4 is 10.1 Å². The maximum Gasteiger partial charge on any atom is 0.387 e. The molecule has 0 saturated heterocycles. The van der Waals surface area contributed by atoms with E-state index in [1.54, 1.807) is 18.2 Å². The summed E-state index contributed by atoms with van der Waals surface area (Å²) in [7, 11) is 0. The first-order chi connectivity index (χ1) is 9.54. The van der Waals surface area contributed by atoms with Gasteiger partial charge in [-0.25, -0.2) is 4.39 Å². The van der Waals surface area contributed by atoms with Gasteiger partial charge in [-0.05, 0) is 35.9 Å². The molecule has 0 fully saturated rings. The maximum absolute atomic E-state index is 13.5. The maximum atomic E-state index is 13.5. The predicted octanol–water partition coefficient (Wildman–Crippen LogP) is 4.69. The van der Waals surface area contributed by atoms with Crippen LogP contribution in [-0.4, -0.2) is 6.61 Å². The van der Waals surface area contributed by atoms with Crippen molar-refractivity contribution in [3.8, 4) is 5.75 Å². The number of ether oxygens (including phenoxy) is 1. The molecule has 0 saturated carbocycles. The quantitative estimate of drug-likeness (QED) is 0.865. The van der Waals surface area contributed by atoms with Gasteiger partial charge in [0.05, 0.1) is 5.69 Å². The summed E-state index contributed by atoms with van der Waals surface area (Å²) in [6.07, 6.45) is 0. The zero-order valence-electron chi connectivity index (χ0n) is 10.2. The largest absolute Gasteiger partial charge is 0.435 e. The van der Waals surface area contributed by atoms with Gasteiger partial charge in [0.1, 0.15) is 11.6 Å². The summed E-state index contributed by atoms with van der Waals surface area (Å²) >= 11 is 5.65. The topological polar surface area (TPSA) is 21.3 Å². The zero-order chi connectivity index (χ0) is 14.5. The van der Waals surface area contributed by atoms with Crippen molar-refractivity contribution < 1.29 is 17.9 Å². The molecule has 2 aromatic carbocycles. The first kappa shape index (κ1) is 14.5. The molecule has 106 valence electrons. The molecule has 0 radical (unpaired) electrons. The van der Waals surface area contributed by atoms with Crippen molar-refractivity contribution in [2.24, 2.45) is 0 Å². The van der Waals surface area contributed by atoms with Gasteiger partial charge in [0, 0.05) is 11.6 Å². The van der Waals surface area contributed by atoms with E-state index >= 15 is 0 Å². The molecular weight excluding hydrogens is 291 g/mol. The Kier molecular flexibility index (Phi) is 4.74. The number of hydrogen-bond acceptors (Lipinski definition) is 2.